The fraction of sp³-hybridized carbons (Fsp3) is 0.206. The molecule has 7 nitrogen and oxygen atoms in total. The van der Waals surface area contributed by atoms with E-state index in [9.17, 15) is 19.5 Å². The van der Waals surface area contributed by atoms with Gasteiger partial charge in [-0.15, -0.1) is 0 Å². The number of rotatable bonds is 7. The van der Waals surface area contributed by atoms with Crippen LogP contribution in [0.1, 0.15) is 57.1 Å². The van der Waals surface area contributed by atoms with E-state index >= 15 is 0 Å². The lowest BCUT2D eigenvalue weighted by Gasteiger charge is -2.21. The number of aliphatic hydroxyl groups excluding tert-OH is 1. The van der Waals surface area contributed by atoms with E-state index in [-0.39, 0.29) is 11.1 Å². The third kappa shape index (κ3) is 5.07. The molecule has 0 amide bonds. The van der Waals surface area contributed by atoms with Gasteiger partial charge in [0.15, 0.2) is 11.5 Å². The molecular weight excluding hydrogens is 516 g/mol. The standard InChI is InChI=1S/C34H32N2O5/c1-18(2)14-16-25-27(21-10-6-8-12-23(21)35-25)29-31(38)32(39)30(34(33(29)40)41-20(5)37)28-22-11-7-9-13-24(22)36-26(28)17-15-19(3)4/h6-15,35-36,38H,16-17H2,1-5H3. The number of nitrogens with one attached hydrogen (secondary N) is 2. The molecule has 5 rings (SSSR count). The van der Waals surface area contributed by atoms with E-state index < -0.39 is 29.1 Å². The number of carbonyl (C=O) groups is 3. The first-order valence-electron chi connectivity index (χ1n) is 13.5. The van der Waals surface area contributed by atoms with Crippen LogP contribution in [0, 0.1) is 0 Å². The summed E-state index contributed by atoms with van der Waals surface area (Å²) in [5, 5.41) is 12.9. The van der Waals surface area contributed by atoms with Gasteiger partial charge in [-0.1, -0.05) is 59.7 Å². The molecule has 3 N–H and O–H groups in total. The third-order valence-corrected chi connectivity index (χ3v) is 7.08. The Balaban J connectivity index is 1.79. The fourth-order valence-corrected chi connectivity index (χ4v) is 5.25. The summed E-state index contributed by atoms with van der Waals surface area (Å²) in [6.07, 6.45) is 4.88. The minimum Gasteiger partial charge on any atom is -0.504 e. The van der Waals surface area contributed by atoms with Crippen LogP contribution in [-0.4, -0.2) is 32.6 Å². The number of ketones is 2. The van der Waals surface area contributed by atoms with Crippen LogP contribution >= 0.6 is 0 Å². The van der Waals surface area contributed by atoms with Gasteiger partial charge in [0.25, 0.3) is 0 Å². The number of hydrogen-bond donors (Lipinski definition) is 3. The van der Waals surface area contributed by atoms with Crippen molar-refractivity contribution in [2.75, 3.05) is 0 Å². The molecule has 1 aliphatic carbocycles. The molecule has 2 aromatic heterocycles. The lowest BCUT2D eigenvalue weighted by Crippen LogP contribution is -2.26. The number of esters is 1. The molecule has 0 fully saturated rings. The summed E-state index contributed by atoms with van der Waals surface area (Å²) in [6.45, 7) is 9.06. The molecule has 4 aromatic rings. The maximum absolute atomic E-state index is 14.3. The number of hydrogen-bond acceptors (Lipinski definition) is 5. The van der Waals surface area contributed by atoms with Gasteiger partial charge in [-0.05, 0) is 39.8 Å². The van der Waals surface area contributed by atoms with Gasteiger partial charge in [0, 0.05) is 64.1 Å². The molecule has 0 spiro atoms. The Morgan fingerprint density at radius 3 is 1.66 bits per heavy atom. The molecule has 7 heteroatoms. The minimum absolute atomic E-state index is 0.133. The lowest BCUT2D eigenvalue weighted by molar-refractivity contribution is -0.139. The van der Waals surface area contributed by atoms with Crippen LogP contribution < -0.4 is 0 Å². The van der Waals surface area contributed by atoms with E-state index in [0.717, 1.165) is 22.2 Å². The number of H-pyrrole nitrogens is 2. The number of aromatic amines is 2. The van der Waals surface area contributed by atoms with Gasteiger partial charge in [0.05, 0.1) is 11.1 Å². The number of aliphatic hydroxyl groups is 1. The number of allylic oxidation sites excluding steroid dienone is 6. The van der Waals surface area contributed by atoms with Crippen LogP contribution in [0.25, 0.3) is 33.0 Å². The molecule has 0 radical (unpaired) electrons. The van der Waals surface area contributed by atoms with Crippen molar-refractivity contribution in [2.45, 2.75) is 47.5 Å². The SMILES string of the molecule is CC(=O)OC1=C(c2c(CC=C(C)C)[nH]c3ccccc23)C(=O)C(O)=C(c2c(CC=C(C)C)[nH]c3ccccc23)C1=O. The predicted octanol–water partition coefficient (Wildman–Crippen LogP) is 7.06. The zero-order chi connectivity index (χ0) is 29.4. The van der Waals surface area contributed by atoms with Crippen molar-refractivity contribution in [3.63, 3.8) is 0 Å². The molecule has 0 saturated heterocycles. The van der Waals surface area contributed by atoms with Crippen molar-refractivity contribution < 1.29 is 24.2 Å². The molecule has 0 aliphatic heterocycles. The smallest absolute Gasteiger partial charge is 0.308 e. The highest BCUT2D eigenvalue weighted by Gasteiger charge is 2.41. The van der Waals surface area contributed by atoms with E-state index in [1.165, 1.54) is 6.92 Å². The van der Waals surface area contributed by atoms with Gasteiger partial charge >= 0.3 is 5.97 Å². The van der Waals surface area contributed by atoms with Crippen molar-refractivity contribution in [1.29, 1.82) is 0 Å². The summed E-state index contributed by atoms with van der Waals surface area (Å²) < 4.78 is 5.54. The van der Waals surface area contributed by atoms with E-state index in [1.807, 2.05) is 88.4 Å². The Hall–Kier alpha value is -4.91. The highest BCUT2D eigenvalue weighted by molar-refractivity contribution is 6.48. The minimum atomic E-state index is -0.780. The van der Waals surface area contributed by atoms with Gasteiger partial charge in [0.2, 0.25) is 11.6 Å². The molecule has 0 unspecified atom stereocenters. The summed E-state index contributed by atoms with van der Waals surface area (Å²) in [5.41, 5.74) is 5.52. The number of Topliss-reactive ketones (excluding diaryl/α,β-unsaturated/α-hetero) is 2. The highest BCUT2D eigenvalue weighted by Crippen LogP contribution is 2.42. The summed E-state index contributed by atoms with van der Waals surface area (Å²) in [6, 6.07) is 14.8. The van der Waals surface area contributed by atoms with Crippen LogP contribution in [0.5, 0.6) is 0 Å². The van der Waals surface area contributed by atoms with Gasteiger partial charge < -0.3 is 19.8 Å². The number of para-hydroxylation sites is 2. The average Bonchev–Trinajstić information content (AvgIpc) is 3.48. The molecule has 0 atom stereocenters. The number of carbonyl (C=O) groups excluding carboxylic acids is 3. The maximum Gasteiger partial charge on any atom is 0.308 e. The Kier molecular flexibility index (Phi) is 7.37. The van der Waals surface area contributed by atoms with Crippen molar-refractivity contribution in [2.24, 2.45) is 0 Å². The zero-order valence-corrected chi connectivity index (χ0v) is 23.8. The second-order valence-corrected chi connectivity index (χ2v) is 10.7. The summed E-state index contributed by atoms with van der Waals surface area (Å²) in [5.74, 6) is -3.32. The summed E-state index contributed by atoms with van der Waals surface area (Å²) >= 11 is 0. The lowest BCUT2D eigenvalue weighted by atomic mass is 9.83. The average molecular weight is 549 g/mol. The second-order valence-electron chi connectivity index (χ2n) is 10.7. The van der Waals surface area contributed by atoms with Crippen molar-refractivity contribution in [1.82, 2.24) is 9.97 Å². The molecule has 2 aromatic carbocycles. The first kappa shape index (κ1) is 27.6. The highest BCUT2D eigenvalue weighted by atomic mass is 16.5. The summed E-state index contributed by atoms with van der Waals surface area (Å²) in [7, 11) is 0. The van der Waals surface area contributed by atoms with Gasteiger partial charge in [0.1, 0.15) is 0 Å². The van der Waals surface area contributed by atoms with Crippen LogP contribution in [0.3, 0.4) is 0 Å². The van der Waals surface area contributed by atoms with Crippen LogP contribution in [0.4, 0.5) is 0 Å². The van der Waals surface area contributed by atoms with Crippen LogP contribution in [-0.2, 0) is 32.0 Å². The summed E-state index contributed by atoms with van der Waals surface area (Å²) in [4.78, 5) is 47.5. The van der Waals surface area contributed by atoms with E-state index in [2.05, 4.69) is 9.97 Å². The van der Waals surface area contributed by atoms with Gasteiger partial charge in [-0.2, -0.15) is 0 Å². The quantitative estimate of drug-likeness (QED) is 0.130. The molecule has 41 heavy (non-hydrogen) atoms. The fourth-order valence-electron chi connectivity index (χ4n) is 5.25. The number of ether oxygens (including phenoxy) is 1. The number of benzene rings is 2. The molecule has 1 aliphatic rings. The predicted molar refractivity (Wildman–Crippen MR) is 161 cm³/mol. The molecule has 208 valence electrons. The normalized spacial score (nSPS) is 13.8. The van der Waals surface area contributed by atoms with Crippen LogP contribution in [0.2, 0.25) is 0 Å². The number of aromatic nitrogens is 2. The molecule has 0 saturated carbocycles. The van der Waals surface area contributed by atoms with E-state index in [0.29, 0.717) is 46.1 Å². The maximum atomic E-state index is 14.3. The molecule has 0 bridgehead atoms. The van der Waals surface area contributed by atoms with Crippen molar-refractivity contribution >= 4 is 50.5 Å². The first-order chi connectivity index (χ1) is 19.6. The monoisotopic (exact) mass is 548 g/mol. The van der Waals surface area contributed by atoms with Crippen molar-refractivity contribution in [3.05, 3.63) is 106 Å². The first-order valence-corrected chi connectivity index (χ1v) is 13.5. The van der Waals surface area contributed by atoms with E-state index in [1.54, 1.807) is 0 Å². The van der Waals surface area contributed by atoms with Gasteiger partial charge in [-0.3, -0.25) is 14.4 Å². The van der Waals surface area contributed by atoms with Gasteiger partial charge in [-0.25, -0.2) is 0 Å². The zero-order valence-electron chi connectivity index (χ0n) is 23.8. The Morgan fingerprint density at radius 1 is 0.732 bits per heavy atom. The number of fused-ring (bicyclic) bond motifs is 2. The molecule has 2 heterocycles. The Bertz CT molecular complexity index is 1870. The second kappa shape index (κ2) is 10.9. The molecular formula is C34H32N2O5. The largest absolute Gasteiger partial charge is 0.504 e. The topological polar surface area (TPSA) is 112 Å². The third-order valence-electron chi connectivity index (χ3n) is 7.08. The Labute approximate surface area is 237 Å². The van der Waals surface area contributed by atoms with Crippen LogP contribution in [0.15, 0.2) is 83.3 Å². The van der Waals surface area contributed by atoms with Crippen molar-refractivity contribution in [3.8, 4) is 0 Å². The Morgan fingerprint density at radius 2 is 1.20 bits per heavy atom. The van der Waals surface area contributed by atoms with E-state index in [4.69, 9.17) is 4.74 Å².